The fourth-order valence-corrected chi connectivity index (χ4v) is 8.61. The van der Waals surface area contributed by atoms with E-state index in [0.29, 0.717) is 129 Å². The molecule has 9 amide bonds. The SMILES string of the molecule is C/C=C/C(=O)NCCCCCCNC(=O)CCCC(=O)N1CCN(c2nc(NCCC(=O)NCCCNC(=O)CCCCC)nc(N(CCC(=O)NCCCNC(=O)CCCCC)CCC(=O)NCCCNC(=O)CCCCC)n2)CC1. The van der Waals surface area contributed by atoms with Crippen LogP contribution in [0.15, 0.2) is 12.2 Å². The number of carbonyl (C=O) groups excluding carboxylic acids is 9. The number of aromatic nitrogens is 3. The Labute approximate surface area is 488 Å². The van der Waals surface area contributed by atoms with Crippen molar-refractivity contribution < 1.29 is 43.2 Å². The molecule has 2 heterocycles. The van der Waals surface area contributed by atoms with E-state index >= 15 is 0 Å². The highest BCUT2D eigenvalue weighted by atomic mass is 16.2. The maximum absolute atomic E-state index is 13.4. The summed E-state index contributed by atoms with van der Waals surface area (Å²) in [4.78, 5) is 133. The molecule has 0 spiro atoms. The van der Waals surface area contributed by atoms with Crippen molar-refractivity contribution in [1.82, 2.24) is 62.4 Å². The van der Waals surface area contributed by atoms with Crippen molar-refractivity contribution in [2.45, 2.75) is 188 Å². The summed E-state index contributed by atoms with van der Waals surface area (Å²) in [5.74, 6) is -0.240. The van der Waals surface area contributed by atoms with E-state index in [1.165, 1.54) is 6.08 Å². The lowest BCUT2D eigenvalue weighted by molar-refractivity contribution is -0.132. The summed E-state index contributed by atoms with van der Waals surface area (Å²) in [5, 5.41) is 26.4. The average molecular weight is 1150 g/mol. The molecule has 0 atom stereocenters. The largest absolute Gasteiger partial charge is 0.356 e. The first-order valence-electron chi connectivity index (χ1n) is 30.8. The van der Waals surface area contributed by atoms with Crippen molar-refractivity contribution in [2.75, 3.05) is 113 Å². The van der Waals surface area contributed by atoms with Crippen LogP contribution in [-0.4, -0.2) is 171 Å². The standard InChI is InChI=1S/C58H103N15O9/c1-5-9-14-24-48(75)61-34-20-37-64-52(79)29-40-67-56-68-57(70-58(69-56)73-45-43-71(44-46-73)55(82)28-19-27-51(78)60-33-18-13-12-17-32-59-47(74)23-8-4)72(41-30-53(80)65-38-21-35-62-49(76)25-15-10-6-2)42-31-54(81)66-39-22-36-63-50(77)26-16-11-7-3/h8,23H,5-7,9-22,24-46H2,1-4H3,(H,59,74)(H,60,78)(H,61,75)(H,62,76)(H,63,77)(H,64,79)(H,65,80)(H,66,81)(H,67,68,69,70)/b23-8+. The second-order valence-electron chi connectivity index (χ2n) is 20.7. The number of carbonyl (C=O) groups is 9. The van der Waals surface area contributed by atoms with E-state index < -0.39 is 0 Å². The second-order valence-corrected chi connectivity index (χ2v) is 20.7. The molecule has 0 unspecified atom stereocenters. The maximum Gasteiger partial charge on any atom is 0.243 e. The lowest BCUT2D eigenvalue weighted by atomic mass is 10.1. The van der Waals surface area contributed by atoms with E-state index in [1.54, 1.807) is 22.8 Å². The van der Waals surface area contributed by atoms with Gasteiger partial charge in [-0.2, -0.15) is 15.0 Å². The summed E-state index contributed by atoms with van der Waals surface area (Å²) in [6, 6.07) is 0. The minimum absolute atomic E-state index is 0.00572. The first-order valence-corrected chi connectivity index (χ1v) is 30.8. The van der Waals surface area contributed by atoms with E-state index in [-0.39, 0.29) is 117 Å². The van der Waals surface area contributed by atoms with Crippen molar-refractivity contribution in [3.63, 3.8) is 0 Å². The summed E-state index contributed by atoms with van der Waals surface area (Å²) in [7, 11) is 0. The monoisotopic (exact) mass is 1150 g/mol. The van der Waals surface area contributed by atoms with Crippen LogP contribution in [0.1, 0.15) is 188 Å². The minimum atomic E-state index is -0.235. The van der Waals surface area contributed by atoms with Crippen molar-refractivity contribution in [2.24, 2.45) is 0 Å². The number of unbranched alkanes of at least 4 members (excludes halogenated alkanes) is 9. The zero-order valence-electron chi connectivity index (χ0n) is 50.3. The molecule has 1 fully saturated rings. The summed E-state index contributed by atoms with van der Waals surface area (Å²) >= 11 is 0. The number of hydrogen-bond acceptors (Lipinski definition) is 15. The molecule has 0 radical (unpaired) electrons. The third-order valence-electron chi connectivity index (χ3n) is 13.5. The van der Waals surface area contributed by atoms with E-state index in [1.807, 2.05) is 4.90 Å². The van der Waals surface area contributed by atoms with Crippen molar-refractivity contribution >= 4 is 71.0 Å². The lowest BCUT2D eigenvalue weighted by Gasteiger charge is -2.35. The molecule has 9 N–H and O–H groups in total. The summed E-state index contributed by atoms with van der Waals surface area (Å²) < 4.78 is 0. The van der Waals surface area contributed by atoms with Crippen molar-refractivity contribution in [3.05, 3.63) is 12.2 Å². The molecular formula is C58H103N15O9. The number of nitrogens with one attached hydrogen (secondary N) is 9. The molecular weight excluding hydrogens is 1050 g/mol. The number of nitrogens with zero attached hydrogens (tertiary/aromatic N) is 6. The second kappa shape index (κ2) is 46.9. The van der Waals surface area contributed by atoms with Crippen LogP contribution in [0, 0.1) is 0 Å². The topological polar surface area (TPSA) is 310 Å². The molecule has 1 saturated heterocycles. The summed E-state index contributed by atoms with van der Waals surface area (Å²) in [6.45, 7) is 13.7. The van der Waals surface area contributed by atoms with Crippen LogP contribution in [0.25, 0.3) is 0 Å². The smallest absolute Gasteiger partial charge is 0.243 e. The van der Waals surface area contributed by atoms with Crippen molar-refractivity contribution in [3.8, 4) is 0 Å². The Morgan fingerprint density at radius 2 is 0.817 bits per heavy atom. The zero-order valence-corrected chi connectivity index (χ0v) is 50.3. The van der Waals surface area contributed by atoms with Gasteiger partial charge in [0.2, 0.25) is 71.0 Å². The molecule has 1 aliphatic heterocycles. The summed E-state index contributed by atoms with van der Waals surface area (Å²) in [5.41, 5.74) is 0. The van der Waals surface area contributed by atoms with Gasteiger partial charge in [0.05, 0.1) is 0 Å². The number of anilines is 3. The van der Waals surface area contributed by atoms with Gasteiger partial charge in [0, 0.05) is 150 Å². The van der Waals surface area contributed by atoms with E-state index in [0.717, 1.165) is 83.5 Å². The predicted octanol–water partition coefficient (Wildman–Crippen LogP) is 4.06. The fraction of sp³-hybridized carbons (Fsp3) is 0.759. The lowest BCUT2D eigenvalue weighted by Crippen LogP contribution is -2.49. The van der Waals surface area contributed by atoms with Crippen LogP contribution < -0.4 is 57.7 Å². The molecule has 464 valence electrons. The van der Waals surface area contributed by atoms with E-state index in [2.05, 4.69) is 68.6 Å². The van der Waals surface area contributed by atoms with Crippen LogP contribution in [0.2, 0.25) is 0 Å². The number of piperazine rings is 1. The first kappa shape index (κ1) is 71.5. The van der Waals surface area contributed by atoms with Crippen LogP contribution in [0.3, 0.4) is 0 Å². The number of allylic oxidation sites excluding steroid dienone is 1. The van der Waals surface area contributed by atoms with Gasteiger partial charge in [-0.05, 0) is 70.8 Å². The molecule has 24 heteroatoms. The molecule has 0 bridgehead atoms. The third-order valence-corrected chi connectivity index (χ3v) is 13.5. The van der Waals surface area contributed by atoms with Gasteiger partial charge in [-0.3, -0.25) is 43.2 Å². The van der Waals surface area contributed by atoms with Gasteiger partial charge >= 0.3 is 0 Å². The van der Waals surface area contributed by atoms with Crippen molar-refractivity contribution in [1.29, 1.82) is 0 Å². The first-order chi connectivity index (χ1) is 39.8. The number of amides is 9. The van der Waals surface area contributed by atoms with Gasteiger partial charge in [0.1, 0.15) is 0 Å². The normalized spacial score (nSPS) is 12.1. The Bertz CT molecular complexity index is 2010. The Balaban J connectivity index is 2.15. The molecule has 82 heavy (non-hydrogen) atoms. The van der Waals surface area contributed by atoms with E-state index in [9.17, 15) is 43.2 Å². The Morgan fingerprint density at radius 1 is 0.415 bits per heavy atom. The molecule has 24 nitrogen and oxygen atoms in total. The molecule has 2 rings (SSSR count). The molecule has 0 aromatic carbocycles. The van der Waals surface area contributed by atoms with Crippen LogP contribution >= 0.6 is 0 Å². The highest BCUT2D eigenvalue weighted by Gasteiger charge is 2.25. The van der Waals surface area contributed by atoms with Crippen LogP contribution in [0.4, 0.5) is 17.8 Å². The predicted molar refractivity (Wildman–Crippen MR) is 321 cm³/mol. The Hall–Kier alpha value is -6.62. The summed E-state index contributed by atoms with van der Waals surface area (Å²) in [6.07, 6.45) is 19.6. The molecule has 0 saturated carbocycles. The van der Waals surface area contributed by atoms with Crippen LogP contribution in [0.5, 0.6) is 0 Å². The van der Waals surface area contributed by atoms with Gasteiger partial charge in [-0.1, -0.05) is 78.2 Å². The fourth-order valence-electron chi connectivity index (χ4n) is 8.61. The third kappa shape index (κ3) is 36.7. The molecule has 1 aliphatic rings. The van der Waals surface area contributed by atoms with Gasteiger partial charge < -0.3 is 62.6 Å². The number of rotatable bonds is 48. The van der Waals surface area contributed by atoms with Gasteiger partial charge in [-0.25, -0.2) is 0 Å². The molecule has 1 aromatic heterocycles. The van der Waals surface area contributed by atoms with Crippen LogP contribution in [-0.2, 0) is 43.2 Å². The quantitative estimate of drug-likeness (QED) is 0.0328. The Kier molecular flexibility index (Phi) is 40.9. The average Bonchev–Trinajstić information content (AvgIpc) is 3.47. The maximum atomic E-state index is 13.4. The Morgan fingerprint density at radius 3 is 1.26 bits per heavy atom. The van der Waals surface area contributed by atoms with Gasteiger partial charge in [0.25, 0.3) is 0 Å². The van der Waals surface area contributed by atoms with Gasteiger partial charge in [-0.15, -0.1) is 0 Å². The van der Waals surface area contributed by atoms with E-state index in [4.69, 9.17) is 15.0 Å². The zero-order chi connectivity index (χ0) is 59.8. The molecule has 1 aromatic rings. The molecule has 0 aliphatic carbocycles. The minimum Gasteiger partial charge on any atom is -0.356 e. The highest BCUT2D eigenvalue weighted by Crippen LogP contribution is 2.20. The van der Waals surface area contributed by atoms with Gasteiger partial charge in [0.15, 0.2) is 0 Å². The number of hydrogen-bond donors (Lipinski definition) is 9. The highest BCUT2D eigenvalue weighted by molar-refractivity contribution is 5.87.